The maximum absolute atomic E-state index is 12.4. The summed E-state index contributed by atoms with van der Waals surface area (Å²) in [4.78, 5) is 25.8. The number of nitrogens with two attached hydrogens (primary N) is 1. The SMILES string of the molecule is Cc1ccc(NC(=O)/C(C#N)=C\N(CCN)C(=O)OC(C)(C)C)c(C)c1. The second-order valence-corrected chi connectivity index (χ2v) is 6.89. The molecule has 3 N–H and O–H groups in total. The van der Waals surface area contributed by atoms with Crippen LogP contribution >= 0.6 is 0 Å². The Morgan fingerprint density at radius 1 is 1.35 bits per heavy atom. The van der Waals surface area contributed by atoms with E-state index in [0.29, 0.717) is 5.69 Å². The average molecular weight is 358 g/mol. The molecule has 0 saturated heterocycles. The third-order valence-electron chi connectivity index (χ3n) is 3.28. The monoisotopic (exact) mass is 358 g/mol. The van der Waals surface area contributed by atoms with Gasteiger partial charge in [-0.25, -0.2) is 4.79 Å². The third kappa shape index (κ3) is 6.57. The molecule has 1 aromatic rings. The summed E-state index contributed by atoms with van der Waals surface area (Å²) in [5.74, 6) is -0.606. The van der Waals surface area contributed by atoms with Crippen LogP contribution in [-0.4, -0.2) is 35.6 Å². The molecule has 0 fully saturated rings. The molecule has 0 atom stereocenters. The molecular weight excluding hydrogens is 332 g/mol. The molecule has 0 saturated carbocycles. The number of amides is 2. The van der Waals surface area contributed by atoms with Crippen molar-refractivity contribution in [3.63, 3.8) is 0 Å². The van der Waals surface area contributed by atoms with E-state index in [0.717, 1.165) is 16.0 Å². The predicted octanol–water partition coefficient (Wildman–Crippen LogP) is 2.85. The Labute approximate surface area is 154 Å². The van der Waals surface area contributed by atoms with E-state index in [2.05, 4.69) is 5.32 Å². The van der Waals surface area contributed by atoms with Crippen molar-refractivity contribution in [3.05, 3.63) is 41.1 Å². The summed E-state index contributed by atoms with van der Waals surface area (Å²) in [6, 6.07) is 7.37. The molecule has 0 bridgehead atoms. The first-order chi connectivity index (χ1) is 12.1. The topological polar surface area (TPSA) is 108 Å². The Hall–Kier alpha value is -2.85. The van der Waals surface area contributed by atoms with Crippen molar-refractivity contribution < 1.29 is 14.3 Å². The maximum atomic E-state index is 12.4. The third-order valence-corrected chi connectivity index (χ3v) is 3.28. The van der Waals surface area contributed by atoms with Gasteiger partial charge in [-0.2, -0.15) is 5.26 Å². The van der Waals surface area contributed by atoms with Gasteiger partial charge < -0.3 is 15.8 Å². The normalized spacial score (nSPS) is 11.5. The van der Waals surface area contributed by atoms with Crippen LogP contribution in [0.3, 0.4) is 0 Å². The number of nitrogens with one attached hydrogen (secondary N) is 1. The lowest BCUT2D eigenvalue weighted by atomic mass is 10.1. The minimum atomic E-state index is -0.703. The number of benzene rings is 1. The Balaban J connectivity index is 3.02. The smallest absolute Gasteiger partial charge is 0.414 e. The van der Waals surface area contributed by atoms with Gasteiger partial charge in [0.2, 0.25) is 0 Å². The van der Waals surface area contributed by atoms with E-state index in [9.17, 15) is 14.9 Å². The van der Waals surface area contributed by atoms with Crippen LogP contribution in [-0.2, 0) is 9.53 Å². The summed E-state index contributed by atoms with van der Waals surface area (Å²) >= 11 is 0. The molecule has 0 aliphatic heterocycles. The van der Waals surface area contributed by atoms with Gasteiger partial charge in [0.15, 0.2) is 0 Å². The molecular formula is C19H26N4O3. The van der Waals surface area contributed by atoms with Crippen molar-refractivity contribution in [1.29, 1.82) is 5.26 Å². The summed E-state index contributed by atoms with van der Waals surface area (Å²) in [6.07, 6.45) is 0.495. The molecule has 0 aromatic heterocycles. The number of ether oxygens (including phenoxy) is 1. The molecule has 0 aliphatic rings. The number of nitriles is 1. The number of hydrogen-bond acceptors (Lipinski definition) is 5. The van der Waals surface area contributed by atoms with Crippen LogP contribution in [0.5, 0.6) is 0 Å². The second-order valence-electron chi connectivity index (χ2n) is 6.89. The van der Waals surface area contributed by atoms with E-state index in [4.69, 9.17) is 10.5 Å². The molecule has 26 heavy (non-hydrogen) atoms. The quantitative estimate of drug-likeness (QED) is 0.621. The Morgan fingerprint density at radius 3 is 2.50 bits per heavy atom. The minimum Gasteiger partial charge on any atom is -0.443 e. The Morgan fingerprint density at radius 2 is 2.00 bits per heavy atom. The molecule has 7 nitrogen and oxygen atoms in total. The lowest BCUT2D eigenvalue weighted by Crippen LogP contribution is -2.37. The van der Waals surface area contributed by atoms with E-state index < -0.39 is 17.6 Å². The first-order valence-electron chi connectivity index (χ1n) is 8.27. The van der Waals surface area contributed by atoms with Gasteiger partial charge in [0.05, 0.1) is 0 Å². The highest BCUT2D eigenvalue weighted by atomic mass is 16.6. The van der Waals surface area contributed by atoms with Crippen molar-refractivity contribution in [3.8, 4) is 6.07 Å². The summed E-state index contributed by atoms with van der Waals surface area (Å²) in [7, 11) is 0. The number of aryl methyl sites for hydroxylation is 2. The number of nitrogens with zero attached hydrogens (tertiary/aromatic N) is 2. The van der Waals surface area contributed by atoms with Crippen LogP contribution in [0.1, 0.15) is 31.9 Å². The molecule has 2 amide bonds. The molecule has 0 radical (unpaired) electrons. The van der Waals surface area contributed by atoms with Crippen molar-refractivity contribution in [2.45, 2.75) is 40.2 Å². The zero-order valence-corrected chi connectivity index (χ0v) is 15.9. The number of carbonyl (C=O) groups is 2. The highest BCUT2D eigenvalue weighted by Crippen LogP contribution is 2.17. The van der Waals surface area contributed by atoms with E-state index in [1.165, 1.54) is 6.20 Å². The van der Waals surface area contributed by atoms with Gasteiger partial charge in [-0.1, -0.05) is 17.7 Å². The Kier molecular flexibility index (Phi) is 7.35. The van der Waals surface area contributed by atoms with Crippen LogP contribution in [0.2, 0.25) is 0 Å². The standard InChI is InChI=1S/C19H26N4O3/c1-13-6-7-16(14(2)10-13)22-17(24)15(11-21)12-23(9-8-20)18(25)26-19(3,4)5/h6-7,10,12H,8-9,20H2,1-5H3,(H,22,24)/b15-12-. The highest BCUT2D eigenvalue weighted by molar-refractivity contribution is 6.07. The lowest BCUT2D eigenvalue weighted by Gasteiger charge is -2.25. The van der Waals surface area contributed by atoms with Gasteiger partial charge in [-0.15, -0.1) is 0 Å². The van der Waals surface area contributed by atoms with Gasteiger partial charge in [0, 0.05) is 25.0 Å². The zero-order chi connectivity index (χ0) is 19.9. The van der Waals surface area contributed by atoms with Crippen molar-refractivity contribution >= 4 is 17.7 Å². The molecule has 140 valence electrons. The Bertz CT molecular complexity index is 742. The van der Waals surface area contributed by atoms with E-state index >= 15 is 0 Å². The number of anilines is 1. The molecule has 0 spiro atoms. The van der Waals surface area contributed by atoms with Gasteiger partial charge >= 0.3 is 6.09 Å². The van der Waals surface area contributed by atoms with Gasteiger partial charge in [-0.05, 0) is 46.2 Å². The van der Waals surface area contributed by atoms with E-state index in [-0.39, 0.29) is 18.7 Å². The number of carbonyl (C=O) groups excluding carboxylic acids is 2. The molecule has 7 heteroatoms. The van der Waals surface area contributed by atoms with Crippen molar-refractivity contribution in [1.82, 2.24) is 4.90 Å². The fourth-order valence-electron chi connectivity index (χ4n) is 2.11. The summed E-state index contributed by atoms with van der Waals surface area (Å²) < 4.78 is 5.27. The lowest BCUT2D eigenvalue weighted by molar-refractivity contribution is -0.112. The second kappa shape index (κ2) is 9.02. The minimum absolute atomic E-state index is 0.122. The fraction of sp³-hybridized carbons (Fsp3) is 0.421. The first kappa shape index (κ1) is 21.2. The molecule has 0 aliphatic carbocycles. The van der Waals surface area contributed by atoms with Crippen molar-refractivity contribution in [2.24, 2.45) is 5.73 Å². The predicted molar refractivity (Wildman–Crippen MR) is 100 cm³/mol. The number of hydrogen-bond donors (Lipinski definition) is 2. The van der Waals surface area contributed by atoms with Crippen LogP contribution in [0.15, 0.2) is 30.0 Å². The van der Waals surface area contributed by atoms with Crippen molar-refractivity contribution in [2.75, 3.05) is 18.4 Å². The molecule has 0 unspecified atom stereocenters. The zero-order valence-electron chi connectivity index (χ0n) is 15.9. The van der Waals surface area contributed by atoms with Crippen LogP contribution in [0.4, 0.5) is 10.5 Å². The van der Waals surface area contributed by atoms with Gasteiger partial charge in [0.25, 0.3) is 5.91 Å². The van der Waals surface area contributed by atoms with Crippen LogP contribution in [0, 0.1) is 25.2 Å². The molecule has 1 rings (SSSR count). The first-order valence-corrected chi connectivity index (χ1v) is 8.27. The van der Waals surface area contributed by atoms with Gasteiger partial charge in [-0.3, -0.25) is 9.69 Å². The van der Waals surface area contributed by atoms with E-state index in [1.807, 2.05) is 32.0 Å². The fourth-order valence-corrected chi connectivity index (χ4v) is 2.11. The summed E-state index contributed by atoms with van der Waals surface area (Å²) in [5, 5.41) is 12.0. The molecule has 0 heterocycles. The highest BCUT2D eigenvalue weighted by Gasteiger charge is 2.22. The van der Waals surface area contributed by atoms with Gasteiger partial charge in [0.1, 0.15) is 17.2 Å². The maximum Gasteiger partial charge on any atom is 0.414 e. The van der Waals surface area contributed by atoms with Crippen LogP contribution < -0.4 is 11.1 Å². The largest absolute Gasteiger partial charge is 0.443 e. The average Bonchev–Trinajstić information content (AvgIpc) is 2.52. The van der Waals surface area contributed by atoms with Crippen LogP contribution in [0.25, 0.3) is 0 Å². The summed E-state index contributed by atoms with van der Waals surface area (Å²) in [6.45, 7) is 9.28. The molecule has 1 aromatic carbocycles. The number of rotatable bonds is 5. The summed E-state index contributed by atoms with van der Waals surface area (Å²) in [5.41, 5.74) is 7.14. The van der Waals surface area contributed by atoms with E-state index in [1.54, 1.807) is 26.8 Å².